The molecule has 2 heterocycles. The van der Waals surface area contributed by atoms with Crippen LogP contribution in [0.5, 0.6) is 0 Å². The summed E-state index contributed by atoms with van der Waals surface area (Å²) < 4.78 is 3.84. The number of halogens is 1. The summed E-state index contributed by atoms with van der Waals surface area (Å²) in [5.41, 5.74) is 8.72. The summed E-state index contributed by atoms with van der Waals surface area (Å²) in [6.07, 6.45) is 5.26. The average Bonchev–Trinajstić information content (AvgIpc) is 2.54. The number of rotatable bonds is 3. The minimum atomic E-state index is 0.0275. The lowest BCUT2D eigenvalue weighted by Crippen LogP contribution is -2.23. The normalized spacial score (nSPS) is 17.7. The van der Waals surface area contributed by atoms with Gasteiger partial charge in [-0.3, -0.25) is 4.67 Å². The summed E-state index contributed by atoms with van der Waals surface area (Å²) in [6.45, 7) is 4.60. The predicted molar refractivity (Wildman–Crippen MR) is 102 cm³/mol. The lowest BCUT2D eigenvalue weighted by atomic mass is 9.98. The van der Waals surface area contributed by atoms with E-state index in [0.717, 1.165) is 30.3 Å². The highest BCUT2D eigenvalue weighted by molar-refractivity contribution is 14.1. The topological polar surface area (TPSA) is 42.2 Å². The second kappa shape index (κ2) is 6.59. The number of hydrogen-bond donors (Lipinski definition) is 1. The molecule has 0 amide bonds. The molecule has 5 heteroatoms. The van der Waals surface area contributed by atoms with Crippen LogP contribution in [-0.4, -0.2) is 33.6 Å². The number of benzene rings is 1. The van der Waals surface area contributed by atoms with E-state index in [4.69, 9.17) is 5.73 Å². The fraction of sp³-hybridized carbons (Fsp3) is 0.312. The molecule has 1 unspecified atom stereocenters. The molecule has 2 N–H and O–H groups in total. The summed E-state index contributed by atoms with van der Waals surface area (Å²) in [7, 11) is 0.0275. The average molecular weight is 411 g/mol. The molecule has 1 atom stereocenters. The van der Waals surface area contributed by atoms with E-state index in [2.05, 4.69) is 63.2 Å². The van der Waals surface area contributed by atoms with Gasteiger partial charge < -0.3 is 5.73 Å². The van der Waals surface area contributed by atoms with Gasteiger partial charge in [-0.05, 0) is 49.8 Å². The van der Waals surface area contributed by atoms with Gasteiger partial charge >= 0.3 is 0 Å². The highest BCUT2D eigenvalue weighted by Gasteiger charge is 2.17. The molecule has 1 aromatic heterocycles. The van der Waals surface area contributed by atoms with Crippen LogP contribution in [0.15, 0.2) is 36.5 Å². The Kier molecular flexibility index (Phi) is 4.77. The Bertz CT molecular complexity index is 686. The third-order valence-electron chi connectivity index (χ3n) is 4.01. The van der Waals surface area contributed by atoms with Crippen molar-refractivity contribution < 1.29 is 0 Å². The van der Waals surface area contributed by atoms with E-state index >= 15 is 0 Å². The zero-order chi connectivity index (χ0) is 14.8. The smallest absolute Gasteiger partial charge is 0.131 e. The van der Waals surface area contributed by atoms with Crippen LogP contribution in [0.3, 0.4) is 0 Å². The fourth-order valence-electron chi connectivity index (χ4n) is 2.70. The maximum absolute atomic E-state index is 6.00. The van der Waals surface area contributed by atoms with Gasteiger partial charge in [0.2, 0.25) is 0 Å². The molecule has 0 radical (unpaired) electrons. The third-order valence-corrected chi connectivity index (χ3v) is 8.65. The first kappa shape index (κ1) is 15.2. The fourth-order valence-corrected chi connectivity index (χ4v) is 4.94. The predicted octanol–water partition coefficient (Wildman–Crippen LogP) is 4.33. The van der Waals surface area contributed by atoms with Crippen LogP contribution in [0.25, 0.3) is 16.3 Å². The number of fused-ring (bicyclic) bond motifs is 1. The zero-order valence-corrected chi connectivity index (χ0v) is 15.1. The van der Waals surface area contributed by atoms with Crippen molar-refractivity contribution in [3.8, 4) is 0 Å². The van der Waals surface area contributed by atoms with E-state index in [1.165, 1.54) is 15.3 Å². The molecule has 1 aliphatic rings. The first-order valence-electron chi connectivity index (χ1n) is 7.04. The molecule has 0 bridgehead atoms. The molecule has 0 fully saturated rings. The van der Waals surface area contributed by atoms with Crippen LogP contribution >= 0.6 is 30.7 Å². The number of pyridine rings is 1. The third kappa shape index (κ3) is 3.22. The molecule has 0 spiro atoms. The Morgan fingerprint density at radius 1 is 1.38 bits per heavy atom. The summed E-state index contributed by atoms with van der Waals surface area (Å²) in [4.78, 5) is 4.19. The van der Waals surface area contributed by atoms with Crippen molar-refractivity contribution in [2.24, 2.45) is 0 Å². The van der Waals surface area contributed by atoms with Crippen LogP contribution in [0.2, 0.25) is 0 Å². The van der Waals surface area contributed by atoms with Crippen LogP contribution in [0.1, 0.15) is 12.0 Å². The first-order valence-corrected chi connectivity index (χ1v) is 10.5. The van der Waals surface area contributed by atoms with Gasteiger partial charge in [-0.25, -0.2) is 4.98 Å². The number of nitrogens with zero attached hydrogens (tertiary/aromatic N) is 2. The van der Waals surface area contributed by atoms with Gasteiger partial charge in [0.1, 0.15) is 5.82 Å². The summed E-state index contributed by atoms with van der Waals surface area (Å²) in [5, 5.41) is 2.22. The molecule has 3 rings (SSSR count). The maximum Gasteiger partial charge on any atom is 0.131 e. The highest BCUT2D eigenvalue weighted by atomic mass is 127. The lowest BCUT2D eigenvalue weighted by molar-refractivity contribution is 0.502. The molecule has 2 aromatic rings. The number of anilines is 1. The Morgan fingerprint density at radius 3 is 2.95 bits per heavy atom. The van der Waals surface area contributed by atoms with Crippen molar-refractivity contribution in [1.29, 1.82) is 0 Å². The summed E-state index contributed by atoms with van der Waals surface area (Å²) >= 11 is 2.49. The van der Waals surface area contributed by atoms with Gasteiger partial charge in [0.25, 0.3) is 0 Å². The SMILES string of the molecule is CP(CI)N1CC=C(c2ccc3ccnc(N)c3c2)CC1. The van der Waals surface area contributed by atoms with Crippen LogP contribution < -0.4 is 5.73 Å². The number of nitrogen functional groups attached to an aromatic ring is 1. The van der Waals surface area contributed by atoms with E-state index in [1.807, 2.05) is 6.07 Å². The molecule has 1 aromatic carbocycles. The molecule has 21 heavy (non-hydrogen) atoms. The maximum atomic E-state index is 6.00. The van der Waals surface area contributed by atoms with Crippen molar-refractivity contribution in [2.75, 3.05) is 29.7 Å². The molecule has 110 valence electrons. The Labute approximate surface area is 140 Å². The van der Waals surface area contributed by atoms with Gasteiger partial charge in [0, 0.05) is 28.8 Å². The second-order valence-electron chi connectivity index (χ2n) is 5.30. The second-order valence-corrected chi connectivity index (χ2v) is 9.47. The molecular formula is C16H19IN3P. The minimum Gasteiger partial charge on any atom is -0.383 e. The van der Waals surface area contributed by atoms with E-state index in [0.29, 0.717) is 5.82 Å². The van der Waals surface area contributed by atoms with Gasteiger partial charge in [-0.15, -0.1) is 0 Å². The van der Waals surface area contributed by atoms with Crippen LogP contribution in [-0.2, 0) is 0 Å². The van der Waals surface area contributed by atoms with Crippen molar-refractivity contribution >= 4 is 52.8 Å². The number of hydrogen-bond acceptors (Lipinski definition) is 3. The van der Waals surface area contributed by atoms with Gasteiger partial charge in [0.05, 0.1) is 0 Å². The Balaban J connectivity index is 1.88. The monoisotopic (exact) mass is 411 g/mol. The summed E-state index contributed by atoms with van der Waals surface area (Å²) in [6, 6.07) is 8.55. The Hall–Kier alpha value is -0.710. The lowest BCUT2D eigenvalue weighted by Gasteiger charge is -2.31. The van der Waals surface area contributed by atoms with E-state index in [1.54, 1.807) is 6.20 Å². The number of alkyl halides is 1. The highest BCUT2D eigenvalue weighted by Crippen LogP contribution is 2.40. The molecule has 0 aliphatic carbocycles. The molecule has 0 saturated carbocycles. The zero-order valence-electron chi connectivity index (χ0n) is 12.1. The first-order chi connectivity index (χ1) is 10.2. The number of nitrogens with two attached hydrogens (primary N) is 1. The van der Waals surface area contributed by atoms with Crippen molar-refractivity contribution in [2.45, 2.75) is 6.42 Å². The van der Waals surface area contributed by atoms with Gasteiger partial charge in [0.15, 0.2) is 0 Å². The number of aromatic nitrogens is 1. The summed E-state index contributed by atoms with van der Waals surface area (Å²) in [5.74, 6) is 0.620. The quantitative estimate of drug-likeness (QED) is 0.465. The van der Waals surface area contributed by atoms with Gasteiger partial charge in [-0.1, -0.05) is 40.8 Å². The minimum absolute atomic E-state index is 0.0275. The standard InChI is InChI=1S/C16H19IN3P/c1-21(11-17)20-8-5-12(6-9-20)14-3-2-13-4-7-19-16(18)15(13)10-14/h2-5,7,10H,6,8-9,11H2,1H3,(H2,18,19). The van der Waals surface area contributed by atoms with E-state index in [9.17, 15) is 0 Å². The Morgan fingerprint density at radius 2 is 2.24 bits per heavy atom. The van der Waals surface area contributed by atoms with Crippen molar-refractivity contribution in [3.63, 3.8) is 0 Å². The van der Waals surface area contributed by atoms with Crippen molar-refractivity contribution in [1.82, 2.24) is 9.65 Å². The van der Waals surface area contributed by atoms with Crippen LogP contribution in [0, 0.1) is 0 Å². The molecular weight excluding hydrogens is 392 g/mol. The molecule has 3 nitrogen and oxygen atoms in total. The van der Waals surface area contributed by atoms with Crippen molar-refractivity contribution in [3.05, 3.63) is 42.1 Å². The van der Waals surface area contributed by atoms with Crippen LogP contribution in [0.4, 0.5) is 5.82 Å². The molecule has 0 saturated heterocycles. The molecule has 1 aliphatic heterocycles. The van der Waals surface area contributed by atoms with E-state index < -0.39 is 0 Å². The van der Waals surface area contributed by atoms with E-state index in [-0.39, 0.29) is 8.07 Å². The van der Waals surface area contributed by atoms with Gasteiger partial charge in [-0.2, -0.15) is 0 Å². The largest absolute Gasteiger partial charge is 0.383 e.